The van der Waals surface area contributed by atoms with Crippen molar-refractivity contribution in [2.75, 3.05) is 0 Å². The maximum Gasteiger partial charge on any atom is 0.187 e. The Bertz CT molecular complexity index is 788. The van der Waals surface area contributed by atoms with Gasteiger partial charge in [0.05, 0.1) is 11.8 Å². The van der Waals surface area contributed by atoms with Gasteiger partial charge in [0.2, 0.25) is 0 Å². The van der Waals surface area contributed by atoms with Crippen molar-refractivity contribution >= 4 is 28.9 Å². The monoisotopic (exact) mass is 360 g/mol. The second kappa shape index (κ2) is 6.30. The van der Waals surface area contributed by atoms with Crippen LogP contribution in [0.1, 0.15) is 43.4 Å². The number of nitrogens with zero attached hydrogens (tertiary/aromatic N) is 2. The summed E-state index contributed by atoms with van der Waals surface area (Å²) < 4.78 is 6.18. The van der Waals surface area contributed by atoms with E-state index in [9.17, 15) is 0 Å². The molecule has 124 valence electrons. The maximum atomic E-state index is 6.21. The number of fused-ring (bicyclic) bond motifs is 3. The average Bonchev–Trinajstić information content (AvgIpc) is 3.02. The van der Waals surface area contributed by atoms with Gasteiger partial charge in [0.15, 0.2) is 6.23 Å². The van der Waals surface area contributed by atoms with Crippen molar-refractivity contribution in [2.45, 2.75) is 38.5 Å². The normalized spacial score (nSPS) is 21.8. The first-order valence-electron chi connectivity index (χ1n) is 8.23. The number of hydrogen-bond acceptors (Lipinski definition) is 3. The molecule has 2 heterocycles. The fourth-order valence-corrected chi connectivity index (χ4v) is 3.69. The molecule has 3 nitrogen and oxygen atoms in total. The maximum absolute atomic E-state index is 6.21. The van der Waals surface area contributed by atoms with Gasteiger partial charge in [0.1, 0.15) is 5.75 Å². The van der Waals surface area contributed by atoms with Crippen molar-refractivity contribution in [3.05, 3.63) is 63.6 Å². The largest absolute Gasteiger partial charge is 0.469 e. The molecular formula is C19H18Cl2N2O. The topological polar surface area (TPSA) is 24.8 Å². The lowest BCUT2D eigenvalue weighted by atomic mass is 9.96. The number of hydrogen-bond donors (Lipinski definition) is 0. The molecule has 4 rings (SSSR count). The van der Waals surface area contributed by atoms with Gasteiger partial charge in [0, 0.05) is 28.5 Å². The van der Waals surface area contributed by atoms with Crippen LogP contribution in [0.4, 0.5) is 0 Å². The SMILES string of the molecule is CCC[C@H]1Oc2ccc(Cl)cc2[C@@H]2CC(c3ccc(Cl)cc3)=NN12. The third kappa shape index (κ3) is 2.76. The van der Waals surface area contributed by atoms with Gasteiger partial charge in [-0.15, -0.1) is 0 Å². The fourth-order valence-electron chi connectivity index (χ4n) is 3.39. The van der Waals surface area contributed by atoms with E-state index < -0.39 is 0 Å². The summed E-state index contributed by atoms with van der Waals surface area (Å²) in [5.41, 5.74) is 3.28. The third-order valence-corrected chi connectivity index (χ3v) is 5.03. The molecule has 0 amide bonds. The van der Waals surface area contributed by atoms with Crippen LogP contribution >= 0.6 is 23.2 Å². The Labute approximate surface area is 151 Å². The first-order valence-corrected chi connectivity index (χ1v) is 8.99. The van der Waals surface area contributed by atoms with Crippen LogP contribution < -0.4 is 4.74 Å². The van der Waals surface area contributed by atoms with E-state index in [2.05, 4.69) is 11.9 Å². The first-order chi connectivity index (χ1) is 11.7. The summed E-state index contributed by atoms with van der Waals surface area (Å²) in [5, 5.41) is 8.44. The van der Waals surface area contributed by atoms with E-state index in [4.69, 9.17) is 33.0 Å². The Kier molecular flexibility index (Phi) is 4.15. The van der Waals surface area contributed by atoms with Crippen LogP contribution in [0.3, 0.4) is 0 Å². The summed E-state index contributed by atoms with van der Waals surface area (Å²) in [6.07, 6.45) is 2.80. The van der Waals surface area contributed by atoms with Crippen molar-refractivity contribution in [1.82, 2.24) is 5.01 Å². The van der Waals surface area contributed by atoms with E-state index in [-0.39, 0.29) is 12.3 Å². The van der Waals surface area contributed by atoms with E-state index >= 15 is 0 Å². The van der Waals surface area contributed by atoms with Gasteiger partial charge >= 0.3 is 0 Å². The van der Waals surface area contributed by atoms with Crippen molar-refractivity contribution in [3.8, 4) is 5.75 Å². The molecule has 5 heteroatoms. The van der Waals surface area contributed by atoms with E-state index in [1.807, 2.05) is 42.5 Å². The molecule has 2 aliphatic rings. The molecule has 0 spiro atoms. The van der Waals surface area contributed by atoms with Gasteiger partial charge in [-0.05, 0) is 35.9 Å². The molecule has 0 bridgehead atoms. The zero-order valence-electron chi connectivity index (χ0n) is 13.4. The fraction of sp³-hybridized carbons (Fsp3) is 0.316. The smallest absolute Gasteiger partial charge is 0.187 e. The van der Waals surface area contributed by atoms with Crippen LogP contribution in [-0.4, -0.2) is 16.9 Å². The predicted octanol–water partition coefficient (Wildman–Crippen LogP) is 5.66. The van der Waals surface area contributed by atoms with Gasteiger partial charge in [-0.1, -0.05) is 48.7 Å². The van der Waals surface area contributed by atoms with E-state index in [0.29, 0.717) is 0 Å². The molecule has 2 aliphatic heterocycles. The number of rotatable bonds is 3. The minimum Gasteiger partial charge on any atom is -0.469 e. The minimum atomic E-state index is -0.0292. The highest BCUT2D eigenvalue weighted by molar-refractivity contribution is 6.31. The van der Waals surface area contributed by atoms with Crippen molar-refractivity contribution < 1.29 is 4.74 Å². The summed E-state index contributed by atoms with van der Waals surface area (Å²) in [6, 6.07) is 13.9. The molecular weight excluding hydrogens is 343 g/mol. The molecule has 24 heavy (non-hydrogen) atoms. The summed E-state index contributed by atoms with van der Waals surface area (Å²) >= 11 is 12.2. The third-order valence-electron chi connectivity index (χ3n) is 4.54. The van der Waals surface area contributed by atoms with Gasteiger partial charge in [-0.25, -0.2) is 0 Å². The highest BCUT2D eigenvalue weighted by Gasteiger charge is 2.39. The number of benzene rings is 2. The van der Waals surface area contributed by atoms with E-state index in [0.717, 1.165) is 51.9 Å². The van der Waals surface area contributed by atoms with Gasteiger partial charge < -0.3 is 4.74 Å². The second-order valence-corrected chi connectivity index (χ2v) is 7.07. The molecule has 0 radical (unpaired) electrons. The lowest BCUT2D eigenvalue weighted by Crippen LogP contribution is -2.40. The molecule has 2 aromatic carbocycles. The zero-order valence-corrected chi connectivity index (χ0v) is 14.9. The Morgan fingerprint density at radius 3 is 2.62 bits per heavy atom. The molecule has 0 saturated heterocycles. The second-order valence-electron chi connectivity index (χ2n) is 6.20. The average molecular weight is 361 g/mol. The standard InChI is InChI=1S/C19H18Cl2N2O/c1-2-3-19-23-17(15-10-14(21)8-9-18(15)24-19)11-16(22-23)12-4-6-13(20)7-5-12/h4-10,17,19H,2-3,11H2,1H3/t17-,19+/m0/s1. The van der Waals surface area contributed by atoms with Gasteiger partial charge in [0.25, 0.3) is 0 Å². The van der Waals surface area contributed by atoms with E-state index in [1.54, 1.807) is 0 Å². The predicted molar refractivity (Wildman–Crippen MR) is 98.0 cm³/mol. The van der Waals surface area contributed by atoms with Crippen LogP contribution in [0.25, 0.3) is 0 Å². The van der Waals surface area contributed by atoms with Crippen LogP contribution in [0.15, 0.2) is 47.6 Å². The first kappa shape index (κ1) is 15.8. The van der Waals surface area contributed by atoms with Gasteiger partial charge in [-0.3, -0.25) is 5.01 Å². The molecule has 0 saturated carbocycles. The number of hydrazone groups is 1. The van der Waals surface area contributed by atoms with Crippen LogP contribution in [0.2, 0.25) is 10.0 Å². The summed E-state index contributed by atoms with van der Waals surface area (Å²) in [5.74, 6) is 0.923. The molecule has 2 aromatic rings. The molecule has 2 atom stereocenters. The van der Waals surface area contributed by atoms with Crippen molar-refractivity contribution in [1.29, 1.82) is 0 Å². The van der Waals surface area contributed by atoms with E-state index in [1.165, 1.54) is 0 Å². The van der Waals surface area contributed by atoms with Crippen LogP contribution in [0.5, 0.6) is 5.75 Å². The molecule has 0 fully saturated rings. The Balaban J connectivity index is 1.72. The summed E-state index contributed by atoms with van der Waals surface area (Å²) in [7, 11) is 0. The molecule has 0 aliphatic carbocycles. The lowest BCUT2D eigenvalue weighted by Gasteiger charge is -2.38. The van der Waals surface area contributed by atoms with Crippen molar-refractivity contribution in [2.24, 2.45) is 5.10 Å². The highest BCUT2D eigenvalue weighted by atomic mass is 35.5. The lowest BCUT2D eigenvalue weighted by molar-refractivity contribution is -0.0223. The number of ether oxygens (including phenoxy) is 1. The Hall–Kier alpha value is -1.71. The van der Waals surface area contributed by atoms with Crippen LogP contribution in [0, 0.1) is 0 Å². The Morgan fingerprint density at radius 1 is 1.12 bits per heavy atom. The Morgan fingerprint density at radius 2 is 1.88 bits per heavy atom. The summed E-state index contributed by atoms with van der Waals surface area (Å²) in [4.78, 5) is 0. The molecule has 0 N–H and O–H groups in total. The van der Waals surface area contributed by atoms with Crippen molar-refractivity contribution in [3.63, 3.8) is 0 Å². The van der Waals surface area contributed by atoms with Gasteiger partial charge in [-0.2, -0.15) is 5.10 Å². The molecule has 0 unspecified atom stereocenters. The highest BCUT2D eigenvalue weighted by Crippen LogP contribution is 2.44. The molecule has 0 aromatic heterocycles. The quantitative estimate of drug-likeness (QED) is 0.704. The zero-order chi connectivity index (χ0) is 16.7. The summed E-state index contributed by atoms with van der Waals surface area (Å²) in [6.45, 7) is 2.16. The minimum absolute atomic E-state index is 0.0292. The number of halogens is 2. The van der Waals surface area contributed by atoms with Crippen LogP contribution in [-0.2, 0) is 0 Å².